The van der Waals surface area contributed by atoms with Crippen LogP contribution in [0.1, 0.15) is 133 Å². The highest BCUT2D eigenvalue weighted by Gasteiger charge is 2.26. The van der Waals surface area contributed by atoms with Gasteiger partial charge >= 0.3 is 0 Å². The van der Waals surface area contributed by atoms with E-state index in [0.29, 0.717) is 0 Å². The topological polar surface area (TPSA) is 6.48 Å². The van der Waals surface area contributed by atoms with Gasteiger partial charge in [0.1, 0.15) is 0 Å². The van der Waals surface area contributed by atoms with Gasteiger partial charge < -0.3 is 9.80 Å². The molecule has 0 unspecified atom stereocenters. The number of anilines is 6. The van der Waals surface area contributed by atoms with Crippen molar-refractivity contribution in [2.24, 2.45) is 0 Å². The van der Waals surface area contributed by atoms with Gasteiger partial charge in [0.25, 0.3) is 0 Å². The zero-order valence-corrected chi connectivity index (χ0v) is 37.6. The molecule has 0 N–H and O–H groups in total. The Labute approximate surface area is 346 Å². The van der Waals surface area contributed by atoms with Crippen LogP contribution < -0.4 is 9.80 Å². The van der Waals surface area contributed by atoms with Crippen LogP contribution in [0.25, 0.3) is 10.8 Å². The molecule has 0 aliphatic rings. The second-order valence-electron chi connectivity index (χ2n) is 18.5. The van der Waals surface area contributed by atoms with E-state index in [-0.39, 0.29) is 16.2 Å². The average Bonchev–Trinajstić information content (AvgIpc) is 3.19. The summed E-state index contributed by atoms with van der Waals surface area (Å²) >= 11 is 0. The van der Waals surface area contributed by atoms with Crippen molar-refractivity contribution in [3.8, 4) is 0 Å². The Morgan fingerprint density at radius 1 is 0.368 bits per heavy atom. The van der Waals surface area contributed by atoms with Gasteiger partial charge in [0.2, 0.25) is 0 Å². The molecule has 2 nitrogen and oxygen atoms in total. The van der Waals surface area contributed by atoms with Gasteiger partial charge in [0.15, 0.2) is 0 Å². The first-order valence-electron chi connectivity index (χ1n) is 21.5. The highest BCUT2D eigenvalue weighted by molar-refractivity contribution is 5.94. The number of benzene rings is 6. The quantitative estimate of drug-likeness (QED) is 0.123. The lowest BCUT2D eigenvalue weighted by molar-refractivity contribution is 0.439. The third-order valence-corrected chi connectivity index (χ3v) is 13.5. The first-order chi connectivity index (χ1) is 27.0. The molecular formula is C55H68N2. The molecule has 0 aromatic heterocycles. The summed E-state index contributed by atoms with van der Waals surface area (Å²) in [5.74, 6) is 0. The Kier molecular flexibility index (Phi) is 11.9. The lowest BCUT2D eigenvalue weighted by atomic mass is 9.78. The zero-order valence-electron chi connectivity index (χ0n) is 37.6. The van der Waals surface area contributed by atoms with Crippen LogP contribution in [-0.2, 0) is 16.2 Å². The van der Waals surface area contributed by atoms with Crippen molar-refractivity contribution in [1.82, 2.24) is 0 Å². The molecule has 2 heteroatoms. The Morgan fingerprint density at radius 3 is 1.00 bits per heavy atom. The normalized spacial score (nSPS) is 12.3. The second-order valence-corrected chi connectivity index (χ2v) is 18.5. The van der Waals surface area contributed by atoms with Gasteiger partial charge in [-0.2, -0.15) is 0 Å². The van der Waals surface area contributed by atoms with Crippen molar-refractivity contribution < 1.29 is 0 Å². The molecule has 0 spiro atoms. The minimum Gasteiger partial charge on any atom is -0.310 e. The Balaban J connectivity index is 1.50. The molecule has 6 rings (SSSR count). The number of rotatable bonds is 12. The monoisotopic (exact) mass is 757 g/mol. The molecule has 6 aromatic rings. The summed E-state index contributed by atoms with van der Waals surface area (Å²) < 4.78 is 0. The van der Waals surface area contributed by atoms with Gasteiger partial charge in [0.05, 0.1) is 11.4 Å². The van der Waals surface area contributed by atoms with E-state index in [1.807, 2.05) is 0 Å². The number of nitrogens with zero attached hydrogens (tertiary/aromatic N) is 2. The van der Waals surface area contributed by atoms with Crippen LogP contribution in [0, 0.1) is 34.6 Å². The van der Waals surface area contributed by atoms with Crippen LogP contribution in [0.5, 0.6) is 0 Å². The maximum Gasteiger partial charge on any atom is 0.0520 e. The molecule has 0 aliphatic carbocycles. The van der Waals surface area contributed by atoms with Crippen LogP contribution in [0.4, 0.5) is 34.1 Å². The molecule has 0 radical (unpaired) electrons. The molecule has 0 amide bonds. The number of fused-ring (bicyclic) bond motifs is 1. The molecule has 0 heterocycles. The summed E-state index contributed by atoms with van der Waals surface area (Å²) in [6, 6.07) is 42.2. The van der Waals surface area contributed by atoms with E-state index in [9.17, 15) is 0 Å². The van der Waals surface area contributed by atoms with Gasteiger partial charge in [-0.25, -0.2) is 0 Å². The SMILES string of the molecule is CCC(C)(CC)c1ccc(N(c2ccc3cc(N(c4ccc(C(C)(CC)CC)cc4)c4c(C)cc(C(C)(C)C)cc4C)ccc3c2)c2c(C)cc(C)cc2C)cc1. The number of hydrogen-bond donors (Lipinski definition) is 0. The van der Waals surface area contributed by atoms with E-state index >= 15 is 0 Å². The highest BCUT2D eigenvalue weighted by atomic mass is 15.2. The molecule has 0 saturated carbocycles. The van der Waals surface area contributed by atoms with E-state index < -0.39 is 0 Å². The first-order valence-corrected chi connectivity index (χ1v) is 21.5. The number of aryl methyl sites for hydroxylation is 5. The summed E-state index contributed by atoms with van der Waals surface area (Å²) in [6.07, 6.45) is 4.48. The predicted molar refractivity (Wildman–Crippen MR) is 252 cm³/mol. The van der Waals surface area contributed by atoms with Gasteiger partial charge in [0, 0.05) is 22.7 Å². The van der Waals surface area contributed by atoms with Gasteiger partial charge in [-0.15, -0.1) is 0 Å². The van der Waals surface area contributed by atoms with Gasteiger partial charge in [-0.3, -0.25) is 0 Å². The Morgan fingerprint density at radius 2 is 0.684 bits per heavy atom. The molecule has 0 aliphatic heterocycles. The highest BCUT2D eigenvalue weighted by Crippen LogP contribution is 2.45. The molecule has 57 heavy (non-hydrogen) atoms. The van der Waals surface area contributed by atoms with Gasteiger partial charge in [-0.1, -0.05) is 129 Å². The molecular weight excluding hydrogens is 689 g/mol. The van der Waals surface area contributed by atoms with Crippen molar-refractivity contribution in [3.05, 3.63) is 154 Å². The molecule has 0 saturated heterocycles. The van der Waals surface area contributed by atoms with Crippen LogP contribution >= 0.6 is 0 Å². The van der Waals surface area contributed by atoms with E-state index in [1.54, 1.807) is 0 Å². The van der Waals surface area contributed by atoms with Crippen molar-refractivity contribution >= 4 is 44.9 Å². The Hall–Kier alpha value is -4.82. The largest absolute Gasteiger partial charge is 0.310 e. The summed E-state index contributed by atoms with van der Waals surface area (Å²) in [6.45, 7) is 32.2. The summed E-state index contributed by atoms with van der Waals surface area (Å²) in [5.41, 5.74) is 18.2. The van der Waals surface area contributed by atoms with Crippen molar-refractivity contribution in [1.29, 1.82) is 0 Å². The lowest BCUT2D eigenvalue weighted by Crippen LogP contribution is -2.20. The Bertz CT molecular complexity index is 2300. The molecule has 0 fully saturated rings. The summed E-state index contributed by atoms with van der Waals surface area (Å²) in [7, 11) is 0. The predicted octanol–water partition coefficient (Wildman–Crippen LogP) is 16.8. The first kappa shape index (κ1) is 41.8. The molecule has 0 atom stereocenters. The van der Waals surface area contributed by atoms with E-state index in [1.165, 1.54) is 89.4 Å². The minimum atomic E-state index is 0.0726. The van der Waals surface area contributed by atoms with E-state index in [4.69, 9.17) is 0 Å². The van der Waals surface area contributed by atoms with Crippen molar-refractivity contribution in [2.75, 3.05) is 9.80 Å². The third-order valence-electron chi connectivity index (χ3n) is 13.5. The number of hydrogen-bond acceptors (Lipinski definition) is 2. The maximum atomic E-state index is 2.48. The summed E-state index contributed by atoms with van der Waals surface area (Å²) in [4.78, 5) is 4.95. The van der Waals surface area contributed by atoms with E-state index in [0.717, 1.165) is 25.7 Å². The smallest absolute Gasteiger partial charge is 0.0520 e. The van der Waals surface area contributed by atoms with Gasteiger partial charge in [-0.05, 0) is 175 Å². The molecule has 0 bridgehead atoms. The zero-order chi connectivity index (χ0) is 41.4. The van der Waals surface area contributed by atoms with Crippen molar-refractivity contribution in [2.45, 2.75) is 139 Å². The van der Waals surface area contributed by atoms with Crippen LogP contribution in [0.3, 0.4) is 0 Å². The van der Waals surface area contributed by atoms with E-state index in [2.05, 4.69) is 216 Å². The van der Waals surface area contributed by atoms with Crippen LogP contribution in [0.2, 0.25) is 0 Å². The maximum absolute atomic E-state index is 2.48. The fourth-order valence-electron chi connectivity index (χ4n) is 8.92. The fraction of sp³-hybridized carbons (Fsp3) is 0.382. The standard InChI is InChI=1S/C55H68N2/c1-15-54(13,16-2)44-21-27-47(28-22-44)56(51-38(6)31-37(5)32-39(51)7)49-25-19-43-36-50(26-20-42(43)35-49)57(48-29-23-45(24-30-48)55(14,17-3)18-4)52-40(8)33-46(34-41(52)9)53(10,11)12/h19-36H,15-18H2,1-14H3. The van der Waals surface area contributed by atoms with Crippen LogP contribution in [-0.4, -0.2) is 0 Å². The summed E-state index contributed by atoms with van der Waals surface area (Å²) in [5, 5.41) is 2.44. The third kappa shape index (κ3) is 8.16. The minimum absolute atomic E-state index is 0.0726. The lowest BCUT2D eigenvalue weighted by Gasteiger charge is -2.32. The van der Waals surface area contributed by atoms with Crippen molar-refractivity contribution in [3.63, 3.8) is 0 Å². The molecule has 298 valence electrons. The molecule has 6 aromatic carbocycles. The second kappa shape index (κ2) is 16.2. The fourth-order valence-corrected chi connectivity index (χ4v) is 8.92. The van der Waals surface area contributed by atoms with Crippen LogP contribution in [0.15, 0.2) is 109 Å². The average molecular weight is 757 g/mol.